The Balaban J connectivity index is 1.65. The molecule has 1 aromatic heterocycles. The fourth-order valence-corrected chi connectivity index (χ4v) is 3.10. The maximum absolute atomic E-state index is 12.2. The molecule has 1 amide bonds. The van der Waals surface area contributed by atoms with Crippen LogP contribution in [-0.2, 0) is 0 Å². The minimum atomic E-state index is -0.421. The lowest BCUT2D eigenvalue weighted by Crippen LogP contribution is -2.17. The van der Waals surface area contributed by atoms with Gasteiger partial charge in [0, 0.05) is 15.1 Å². The Hall–Kier alpha value is -2.41. The number of hydrogen-bond acceptors (Lipinski definition) is 3. The van der Waals surface area contributed by atoms with Gasteiger partial charge < -0.3 is 0 Å². The Bertz CT molecular complexity index is 1020. The Labute approximate surface area is 174 Å². The minimum absolute atomic E-state index is 0.260. The summed E-state index contributed by atoms with van der Waals surface area (Å²) in [5, 5.41) is 11.7. The lowest BCUT2D eigenvalue weighted by Gasteiger charge is -2.00. The third-order valence-corrected chi connectivity index (χ3v) is 4.47. The number of aromatic nitrogens is 2. The highest BCUT2D eigenvalue weighted by Crippen LogP contribution is 2.29. The largest absolute Gasteiger partial charge is 0.289 e. The van der Waals surface area contributed by atoms with E-state index in [4.69, 9.17) is 23.2 Å². The first kappa shape index (κ1) is 19.4. The van der Waals surface area contributed by atoms with Gasteiger partial charge in [-0.2, -0.15) is 10.2 Å². The fraction of sp³-hybridized carbons (Fsp3) is 0. The van der Waals surface area contributed by atoms with Gasteiger partial charge in [-0.3, -0.25) is 9.89 Å². The number of hydrogen-bond donors (Lipinski definition) is 2. The molecule has 2 N–H and O–H groups in total. The predicted octanol–water partition coefficient (Wildman–Crippen LogP) is 5.54. The number of aromatic amines is 1. The number of carbonyl (C=O) groups excluding carboxylic acids is 1. The van der Waals surface area contributed by atoms with E-state index in [1.165, 1.54) is 6.21 Å². The molecule has 0 spiro atoms. The van der Waals surface area contributed by atoms with Gasteiger partial charge in [-0.1, -0.05) is 53.5 Å². The van der Waals surface area contributed by atoms with Crippen molar-refractivity contribution in [2.24, 2.45) is 5.10 Å². The number of carbonyl (C=O) groups is 1. The molecular formula is C19H13BrCl2N4O. The number of H-pyrrole nitrogens is 1. The van der Waals surface area contributed by atoms with Crippen molar-refractivity contribution in [1.82, 2.24) is 15.6 Å². The predicted molar refractivity (Wildman–Crippen MR) is 113 cm³/mol. The second-order valence-electron chi connectivity index (χ2n) is 5.43. The van der Waals surface area contributed by atoms with Crippen LogP contribution in [0.1, 0.15) is 16.1 Å². The van der Waals surface area contributed by atoms with Gasteiger partial charge in [0.1, 0.15) is 5.69 Å². The normalized spacial score (nSPS) is 11.7. The van der Waals surface area contributed by atoms with Gasteiger partial charge >= 0.3 is 0 Å². The molecular weight excluding hydrogens is 451 g/mol. The zero-order chi connectivity index (χ0) is 19.2. The molecule has 2 aromatic carbocycles. The van der Waals surface area contributed by atoms with Crippen molar-refractivity contribution >= 4 is 57.3 Å². The van der Waals surface area contributed by atoms with E-state index in [2.05, 4.69) is 36.7 Å². The van der Waals surface area contributed by atoms with Crippen molar-refractivity contribution in [3.05, 3.63) is 80.4 Å². The van der Waals surface area contributed by atoms with Crippen LogP contribution in [0.5, 0.6) is 0 Å². The molecule has 5 nitrogen and oxygen atoms in total. The number of nitrogens with one attached hydrogen (secondary N) is 2. The molecule has 3 aromatic rings. The second kappa shape index (κ2) is 8.99. The lowest BCUT2D eigenvalue weighted by molar-refractivity contribution is 0.0950. The molecule has 0 aliphatic heterocycles. The van der Waals surface area contributed by atoms with Crippen LogP contribution in [0.2, 0.25) is 10.0 Å². The smallest absolute Gasteiger partial charge is 0.272 e. The number of hydrazone groups is 1. The molecule has 136 valence electrons. The highest BCUT2D eigenvalue weighted by molar-refractivity contribution is 9.12. The molecule has 27 heavy (non-hydrogen) atoms. The SMILES string of the molecule is O=C(NN=CC(Br)=Cc1ccccc1)c1cc(-c2ccc(Cl)cc2Cl)n[nH]1. The summed E-state index contributed by atoms with van der Waals surface area (Å²) in [5.74, 6) is -0.421. The van der Waals surface area contributed by atoms with Crippen LogP contribution in [0.3, 0.4) is 0 Å². The van der Waals surface area contributed by atoms with Gasteiger partial charge in [-0.25, -0.2) is 5.43 Å². The quantitative estimate of drug-likeness (QED) is 0.385. The van der Waals surface area contributed by atoms with Crippen molar-refractivity contribution < 1.29 is 4.79 Å². The zero-order valence-corrected chi connectivity index (χ0v) is 16.9. The molecule has 0 fully saturated rings. The number of rotatable bonds is 5. The molecule has 8 heteroatoms. The van der Waals surface area contributed by atoms with E-state index in [9.17, 15) is 4.79 Å². The molecule has 0 bridgehead atoms. The fourth-order valence-electron chi connectivity index (χ4n) is 2.23. The van der Waals surface area contributed by atoms with Crippen LogP contribution < -0.4 is 5.43 Å². The molecule has 0 saturated carbocycles. The van der Waals surface area contributed by atoms with E-state index in [-0.39, 0.29) is 5.69 Å². The van der Waals surface area contributed by atoms with Crippen LogP contribution in [0.25, 0.3) is 17.3 Å². The van der Waals surface area contributed by atoms with Gasteiger partial charge in [0.25, 0.3) is 5.91 Å². The van der Waals surface area contributed by atoms with E-state index in [0.717, 1.165) is 5.56 Å². The van der Waals surface area contributed by atoms with Crippen LogP contribution in [0.4, 0.5) is 0 Å². The minimum Gasteiger partial charge on any atom is -0.272 e. The second-order valence-corrected chi connectivity index (χ2v) is 7.19. The summed E-state index contributed by atoms with van der Waals surface area (Å²) in [6.45, 7) is 0. The highest BCUT2D eigenvalue weighted by atomic mass is 79.9. The highest BCUT2D eigenvalue weighted by Gasteiger charge is 2.12. The number of halogens is 3. The summed E-state index contributed by atoms with van der Waals surface area (Å²) in [6, 6.07) is 16.4. The summed E-state index contributed by atoms with van der Waals surface area (Å²) < 4.78 is 0.715. The standard InChI is InChI=1S/C19H13BrCl2N4O/c20-13(8-12-4-2-1-3-5-12)11-23-26-19(27)18-10-17(24-25-18)15-7-6-14(21)9-16(15)22/h1-11H,(H,24,25)(H,26,27). The average Bonchev–Trinajstić information content (AvgIpc) is 3.12. The molecule has 0 aliphatic carbocycles. The van der Waals surface area contributed by atoms with E-state index in [0.29, 0.717) is 25.8 Å². The zero-order valence-electron chi connectivity index (χ0n) is 13.8. The Morgan fingerprint density at radius 2 is 1.93 bits per heavy atom. The summed E-state index contributed by atoms with van der Waals surface area (Å²) in [5.41, 5.74) is 4.93. The number of benzene rings is 2. The molecule has 3 rings (SSSR count). The van der Waals surface area contributed by atoms with E-state index in [1.807, 2.05) is 36.4 Å². The monoisotopic (exact) mass is 462 g/mol. The van der Waals surface area contributed by atoms with E-state index < -0.39 is 5.91 Å². The van der Waals surface area contributed by atoms with Crippen molar-refractivity contribution in [1.29, 1.82) is 0 Å². The van der Waals surface area contributed by atoms with E-state index >= 15 is 0 Å². The van der Waals surface area contributed by atoms with Crippen LogP contribution in [0, 0.1) is 0 Å². The van der Waals surface area contributed by atoms with Crippen molar-refractivity contribution in [2.45, 2.75) is 0 Å². The van der Waals surface area contributed by atoms with Gasteiger partial charge in [0.15, 0.2) is 0 Å². The van der Waals surface area contributed by atoms with Crippen molar-refractivity contribution in [3.8, 4) is 11.3 Å². The molecule has 0 saturated heterocycles. The number of allylic oxidation sites excluding steroid dienone is 1. The molecule has 0 unspecified atom stereocenters. The number of amides is 1. The topological polar surface area (TPSA) is 70.1 Å². The average molecular weight is 464 g/mol. The first-order valence-corrected chi connectivity index (χ1v) is 9.34. The Kier molecular flexibility index (Phi) is 6.45. The Morgan fingerprint density at radius 3 is 2.67 bits per heavy atom. The first-order chi connectivity index (χ1) is 13.0. The molecule has 0 radical (unpaired) electrons. The third kappa shape index (κ3) is 5.29. The maximum Gasteiger partial charge on any atom is 0.289 e. The summed E-state index contributed by atoms with van der Waals surface area (Å²) in [4.78, 5) is 12.2. The van der Waals surface area contributed by atoms with Crippen LogP contribution >= 0.6 is 39.1 Å². The van der Waals surface area contributed by atoms with Gasteiger partial charge in [-0.15, -0.1) is 0 Å². The molecule has 1 heterocycles. The maximum atomic E-state index is 12.2. The lowest BCUT2D eigenvalue weighted by atomic mass is 10.1. The summed E-state index contributed by atoms with van der Waals surface area (Å²) in [7, 11) is 0. The van der Waals surface area contributed by atoms with Crippen LogP contribution in [0.15, 0.2) is 64.2 Å². The Morgan fingerprint density at radius 1 is 1.15 bits per heavy atom. The van der Waals surface area contributed by atoms with Crippen LogP contribution in [-0.4, -0.2) is 22.3 Å². The first-order valence-electron chi connectivity index (χ1n) is 7.79. The third-order valence-electron chi connectivity index (χ3n) is 3.49. The van der Waals surface area contributed by atoms with Gasteiger partial charge in [-0.05, 0) is 51.8 Å². The van der Waals surface area contributed by atoms with Gasteiger partial charge in [0.2, 0.25) is 0 Å². The molecule has 0 aliphatic rings. The molecule has 0 atom stereocenters. The van der Waals surface area contributed by atoms with E-state index in [1.54, 1.807) is 24.3 Å². The van der Waals surface area contributed by atoms with Crippen molar-refractivity contribution in [2.75, 3.05) is 0 Å². The summed E-state index contributed by atoms with van der Waals surface area (Å²) >= 11 is 15.4. The number of nitrogens with zero attached hydrogens (tertiary/aromatic N) is 2. The summed E-state index contributed by atoms with van der Waals surface area (Å²) in [6.07, 6.45) is 3.38. The van der Waals surface area contributed by atoms with Crippen molar-refractivity contribution in [3.63, 3.8) is 0 Å². The van der Waals surface area contributed by atoms with Gasteiger partial charge in [0.05, 0.1) is 16.9 Å².